The molecule has 4 N–H and O–H groups in total. The second-order valence-electron chi connectivity index (χ2n) is 5.01. The first-order valence-electron chi connectivity index (χ1n) is 7.13. The van der Waals surface area contributed by atoms with Gasteiger partial charge in [0, 0.05) is 33.8 Å². The number of fused-ring (bicyclic) bond motifs is 1. The molecular formula is C17H14N4O3. The highest BCUT2D eigenvalue weighted by atomic mass is 16.5. The number of para-hydroxylation sites is 1. The molecule has 7 nitrogen and oxygen atoms in total. The number of hydroxylamine groups is 1. The number of amides is 2. The number of aromatic amines is 1. The van der Waals surface area contributed by atoms with Gasteiger partial charge in [0.2, 0.25) is 0 Å². The van der Waals surface area contributed by atoms with E-state index in [0.29, 0.717) is 0 Å². The van der Waals surface area contributed by atoms with Gasteiger partial charge in [-0.3, -0.25) is 14.8 Å². The predicted molar refractivity (Wildman–Crippen MR) is 89.1 cm³/mol. The fourth-order valence-electron chi connectivity index (χ4n) is 2.29. The Balaban J connectivity index is 1.72. The fourth-order valence-corrected chi connectivity index (χ4v) is 2.29. The SMILES string of the molecule is O=C(NO)c1cccc(C(=O)N/N=C/c2c[nH]c3ccccc23)c1. The molecule has 0 radical (unpaired) electrons. The third kappa shape index (κ3) is 3.16. The van der Waals surface area contributed by atoms with E-state index in [1.165, 1.54) is 17.6 Å². The van der Waals surface area contributed by atoms with Crippen LogP contribution in [0.1, 0.15) is 26.3 Å². The van der Waals surface area contributed by atoms with Crippen LogP contribution in [0.15, 0.2) is 59.8 Å². The lowest BCUT2D eigenvalue weighted by molar-refractivity contribution is 0.0706. The minimum absolute atomic E-state index is 0.172. The Kier molecular flexibility index (Phi) is 4.35. The largest absolute Gasteiger partial charge is 0.361 e. The quantitative estimate of drug-likeness (QED) is 0.335. The van der Waals surface area contributed by atoms with Crippen molar-refractivity contribution in [1.29, 1.82) is 0 Å². The van der Waals surface area contributed by atoms with E-state index in [1.54, 1.807) is 24.5 Å². The third-order valence-electron chi connectivity index (χ3n) is 3.48. The van der Waals surface area contributed by atoms with Gasteiger partial charge in [0.25, 0.3) is 11.8 Å². The van der Waals surface area contributed by atoms with Crippen LogP contribution in [0.5, 0.6) is 0 Å². The summed E-state index contributed by atoms with van der Waals surface area (Å²) < 4.78 is 0. The molecule has 3 aromatic rings. The average molecular weight is 322 g/mol. The number of benzene rings is 2. The van der Waals surface area contributed by atoms with E-state index in [0.717, 1.165) is 16.5 Å². The summed E-state index contributed by atoms with van der Waals surface area (Å²) in [7, 11) is 0. The Morgan fingerprint density at radius 3 is 2.58 bits per heavy atom. The van der Waals surface area contributed by atoms with Crippen molar-refractivity contribution < 1.29 is 14.8 Å². The van der Waals surface area contributed by atoms with Crippen LogP contribution < -0.4 is 10.9 Å². The summed E-state index contributed by atoms with van der Waals surface area (Å²) in [4.78, 5) is 26.5. The van der Waals surface area contributed by atoms with E-state index >= 15 is 0 Å². The van der Waals surface area contributed by atoms with Crippen molar-refractivity contribution in [2.75, 3.05) is 0 Å². The van der Waals surface area contributed by atoms with Crippen molar-refractivity contribution >= 4 is 28.9 Å². The third-order valence-corrected chi connectivity index (χ3v) is 3.48. The molecule has 3 rings (SSSR count). The molecule has 0 saturated heterocycles. The lowest BCUT2D eigenvalue weighted by Gasteiger charge is -2.02. The van der Waals surface area contributed by atoms with Crippen molar-refractivity contribution in [3.8, 4) is 0 Å². The number of nitrogens with one attached hydrogen (secondary N) is 3. The number of carbonyl (C=O) groups excluding carboxylic acids is 2. The zero-order valence-electron chi connectivity index (χ0n) is 12.5. The maximum Gasteiger partial charge on any atom is 0.274 e. The normalized spacial score (nSPS) is 10.9. The summed E-state index contributed by atoms with van der Waals surface area (Å²) in [5.41, 5.74) is 6.19. The van der Waals surface area contributed by atoms with Gasteiger partial charge in [-0.05, 0) is 24.3 Å². The summed E-state index contributed by atoms with van der Waals surface area (Å²) in [6.45, 7) is 0. The fraction of sp³-hybridized carbons (Fsp3) is 0. The highest BCUT2D eigenvalue weighted by molar-refractivity contribution is 6.01. The zero-order chi connectivity index (χ0) is 16.9. The number of H-pyrrole nitrogens is 1. The first-order chi connectivity index (χ1) is 11.7. The number of carbonyl (C=O) groups is 2. The van der Waals surface area contributed by atoms with E-state index < -0.39 is 11.8 Å². The van der Waals surface area contributed by atoms with Gasteiger partial charge in [0.1, 0.15) is 0 Å². The molecule has 1 heterocycles. The predicted octanol–water partition coefficient (Wildman–Crippen LogP) is 2.05. The van der Waals surface area contributed by atoms with Crippen molar-refractivity contribution in [3.05, 3.63) is 71.4 Å². The molecule has 0 bridgehead atoms. The molecule has 0 aliphatic rings. The van der Waals surface area contributed by atoms with Gasteiger partial charge >= 0.3 is 0 Å². The lowest BCUT2D eigenvalue weighted by atomic mass is 10.1. The van der Waals surface area contributed by atoms with E-state index in [4.69, 9.17) is 5.21 Å². The maximum atomic E-state index is 12.1. The smallest absolute Gasteiger partial charge is 0.274 e. The molecule has 0 saturated carbocycles. The summed E-state index contributed by atoms with van der Waals surface area (Å²) in [5, 5.41) is 13.6. The molecule has 120 valence electrons. The minimum Gasteiger partial charge on any atom is -0.361 e. The topological polar surface area (TPSA) is 107 Å². The molecule has 2 aromatic carbocycles. The molecule has 0 fully saturated rings. The number of nitrogens with zero attached hydrogens (tertiary/aromatic N) is 1. The van der Waals surface area contributed by atoms with Crippen LogP contribution in [0.2, 0.25) is 0 Å². The number of hydrogen-bond donors (Lipinski definition) is 4. The number of rotatable bonds is 4. The van der Waals surface area contributed by atoms with Gasteiger partial charge in [0.15, 0.2) is 0 Å². The Morgan fingerprint density at radius 2 is 1.79 bits per heavy atom. The molecule has 0 atom stereocenters. The molecule has 7 heteroatoms. The van der Waals surface area contributed by atoms with Gasteiger partial charge in [-0.1, -0.05) is 24.3 Å². The van der Waals surface area contributed by atoms with Crippen LogP contribution in [0.4, 0.5) is 0 Å². The Labute approximate surface area is 137 Å². The van der Waals surface area contributed by atoms with E-state index in [-0.39, 0.29) is 11.1 Å². The van der Waals surface area contributed by atoms with Gasteiger partial charge in [0.05, 0.1) is 6.21 Å². The number of hydrogen-bond acceptors (Lipinski definition) is 4. The van der Waals surface area contributed by atoms with E-state index in [2.05, 4.69) is 15.5 Å². The van der Waals surface area contributed by atoms with Crippen LogP contribution in [0, 0.1) is 0 Å². The number of hydrazone groups is 1. The number of aromatic nitrogens is 1. The van der Waals surface area contributed by atoms with Crippen LogP contribution in [0.3, 0.4) is 0 Å². The first-order valence-corrected chi connectivity index (χ1v) is 7.13. The van der Waals surface area contributed by atoms with Crippen molar-refractivity contribution in [3.63, 3.8) is 0 Å². The molecule has 0 aliphatic heterocycles. The molecule has 24 heavy (non-hydrogen) atoms. The standard InChI is InChI=1S/C17H14N4O3/c22-16(11-4-3-5-12(8-11)17(23)21-24)20-19-10-13-9-18-15-7-2-1-6-14(13)15/h1-10,18,24H,(H,20,22)(H,21,23)/b19-10+. The Morgan fingerprint density at radius 1 is 1.04 bits per heavy atom. The van der Waals surface area contributed by atoms with Gasteiger partial charge in [-0.15, -0.1) is 0 Å². The highest BCUT2D eigenvalue weighted by Gasteiger charge is 2.09. The summed E-state index contributed by atoms with van der Waals surface area (Å²) >= 11 is 0. The van der Waals surface area contributed by atoms with Crippen LogP contribution in [-0.2, 0) is 0 Å². The van der Waals surface area contributed by atoms with Gasteiger partial charge < -0.3 is 4.98 Å². The summed E-state index contributed by atoms with van der Waals surface area (Å²) in [5.74, 6) is -1.15. The zero-order valence-corrected chi connectivity index (χ0v) is 12.5. The summed E-state index contributed by atoms with van der Waals surface area (Å²) in [6.07, 6.45) is 3.34. The Hall–Kier alpha value is -3.45. The average Bonchev–Trinajstić information content (AvgIpc) is 3.04. The minimum atomic E-state index is -0.688. The lowest BCUT2D eigenvalue weighted by Crippen LogP contribution is -2.21. The van der Waals surface area contributed by atoms with Crippen molar-refractivity contribution in [1.82, 2.24) is 15.9 Å². The summed E-state index contributed by atoms with van der Waals surface area (Å²) in [6, 6.07) is 13.7. The monoisotopic (exact) mass is 322 g/mol. The van der Waals surface area contributed by atoms with Gasteiger partial charge in [-0.2, -0.15) is 5.10 Å². The first kappa shape index (κ1) is 15.4. The molecule has 0 spiro atoms. The van der Waals surface area contributed by atoms with Crippen molar-refractivity contribution in [2.24, 2.45) is 5.10 Å². The molecular weight excluding hydrogens is 308 g/mol. The molecule has 0 unspecified atom stereocenters. The van der Waals surface area contributed by atoms with Crippen molar-refractivity contribution in [2.45, 2.75) is 0 Å². The molecule has 0 aliphatic carbocycles. The highest BCUT2D eigenvalue weighted by Crippen LogP contribution is 2.15. The second kappa shape index (κ2) is 6.76. The van der Waals surface area contributed by atoms with Gasteiger partial charge in [-0.25, -0.2) is 10.9 Å². The van der Waals surface area contributed by atoms with Crippen LogP contribution in [0.25, 0.3) is 10.9 Å². The van der Waals surface area contributed by atoms with E-state index in [9.17, 15) is 9.59 Å². The van der Waals surface area contributed by atoms with Crippen LogP contribution >= 0.6 is 0 Å². The van der Waals surface area contributed by atoms with E-state index in [1.807, 2.05) is 24.3 Å². The molecule has 2 amide bonds. The maximum absolute atomic E-state index is 12.1. The second-order valence-corrected chi connectivity index (χ2v) is 5.01. The Bertz CT molecular complexity index is 930. The van der Waals surface area contributed by atoms with Crippen LogP contribution in [-0.4, -0.2) is 28.2 Å². The molecule has 1 aromatic heterocycles.